The predicted molar refractivity (Wildman–Crippen MR) is 94.7 cm³/mol. The van der Waals surface area contributed by atoms with E-state index in [1.807, 2.05) is 18.6 Å². The highest BCUT2D eigenvalue weighted by molar-refractivity contribution is 7.88. The molecule has 1 aromatic rings. The Morgan fingerprint density at radius 2 is 2.00 bits per heavy atom. The number of fused-ring (bicyclic) bond motifs is 1. The molecule has 3 N–H and O–H groups in total. The number of halogens is 1. The highest BCUT2D eigenvalue weighted by Crippen LogP contribution is 2.49. The van der Waals surface area contributed by atoms with Crippen molar-refractivity contribution in [3.63, 3.8) is 0 Å². The molecule has 2 aliphatic carbocycles. The minimum absolute atomic E-state index is 0.0176. The molecule has 0 radical (unpaired) electrons. The molecule has 1 saturated heterocycles. The lowest BCUT2D eigenvalue weighted by molar-refractivity contribution is -0.119. The second-order valence-electron chi connectivity index (χ2n) is 8.10. The number of alkyl halides is 1. The fourth-order valence-electron chi connectivity index (χ4n) is 5.37. The van der Waals surface area contributed by atoms with Crippen molar-refractivity contribution < 1.29 is 22.7 Å². The molecule has 1 aromatic heterocycles. The van der Waals surface area contributed by atoms with Gasteiger partial charge in [-0.15, -0.1) is 0 Å². The molecule has 0 bridgehead atoms. The number of carbonyl (C=O) groups excluding carboxylic acids is 1. The molecule has 4 rings (SSSR count). The van der Waals surface area contributed by atoms with Gasteiger partial charge in [0.05, 0.1) is 24.4 Å². The molecular weight excluding hydrogens is 375 g/mol. The molecular formula is C17H25FN4O4S. The molecule has 6 unspecified atom stereocenters. The lowest BCUT2D eigenvalue weighted by atomic mass is 9.63. The Kier molecular flexibility index (Phi) is 4.55. The maximum absolute atomic E-state index is 15.5. The molecule has 2 heterocycles. The third-order valence-electron chi connectivity index (χ3n) is 6.50. The van der Waals surface area contributed by atoms with Crippen molar-refractivity contribution in [1.29, 1.82) is 0 Å². The van der Waals surface area contributed by atoms with Gasteiger partial charge in [0, 0.05) is 5.69 Å². The molecule has 6 atom stereocenters. The topological polar surface area (TPSA) is 115 Å². The molecule has 3 aliphatic rings. The van der Waals surface area contributed by atoms with Crippen LogP contribution in [0.2, 0.25) is 0 Å². The third-order valence-corrected chi connectivity index (χ3v) is 7.97. The zero-order valence-corrected chi connectivity index (χ0v) is 16.2. The van der Waals surface area contributed by atoms with Crippen molar-refractivity contribution in [1.82, 2.24) is 19.2 Å². The van der Waals surface area contributed by atoms with E-state index >= 15 is 4.39 Å². The first-order valence-electron chi connectivity index (χ1n) is 9.35. The number of H-pyrrole nitrogens is 1. The number of aliphatic hydroxyl groups excluding tert-OH is 1. The van der Waals surface area contributed by atoms with Crippen LogP contribution < -0.4 is 4.72 Å². The quantitative estimate of drug-likeness (QED) is 0.675. The van der Waals surface area contributed by atoms with Gasteiger partial charge in [0.1, 0.15) is 6.17 Å². The van der Waals surface area contributed by atoms with E-state index in [4.69, 9.17) is 0 Å². The van der Waals surface area contributed by atoms with Gasteiger partial charge in [0.25, 0.3) is 0 Å². The first kappa shape index (κ1) is 18.8. The van der Waals surface area contributed by atoms with E-state index < -0.39 is 41.0 Å². The van der Waals surface area contributed by atoms with Crippen molar-refractivity contribution in [3.05, 3.63) is 17.0 Å². The highest BCUT2D eigenvalue weighted by atomic mass is 32.2. The van der Waals surface area contributed by atoms with Crippen molar-refractivity contribution in [2.45, 2.75) is 63.8 Å². The Labute approximate surface area is 157 Å². The zero-order chi connectivity index (χ0) is 19.5. The number of aromatic nitrogens is 2. The van der Waals surface area contributed by atoms with E-state index in [9.17, 15) is 18.3 Å². The molecule has 1 amide bonds. The van der Waals surface area contributed by atoms with Crippen molar-refractivity contribution in [2.75, 3.05) is 6.54 Å². The van der Waals surface area contributed by atoms with E-state index in [-0.39, 0.29) is 17.8 Å². The number of amides is 1. The number of nitrogens with one attached hydrogen (secondary N) is 2. The Bertz CT molecular complexity index is 838. The van der Waals surface area contributed by atoms with Crippen LogP contribution in [0.3, 0.4) is 0 Å². The lowest BCUT2D eigenvalue weighted by Gasteiger charge is -2.48. The van der Waals surface area contributed by atoms with Crippen LogP contribution in [0.25, 0.3) is 0 Å². The lowest BCUT2D eigenvalue weighted by Crippen LogP contribution is -2.58. The highest BCUT2D eigenvalue weighted by Gasteiger charge is 2.53. The summed E-state index contributed by atoms with van der Waals surface area (Å²) < 4.78 is 42.6. The summed E-state index contributed by atoms with van der Waals surface area (Å²) in [4.78, 5) is 11.5. The minimum atomic E-state index is -4.09. The van der Waals surface area contributed by atoms with Crippen LogP contribution in [0.15, 0.2) is 0 Å². The van der Waals surface area contributed by atoms with Gasteiger partial charge >= 0.3 is 10.2 Å². The average Bonchev–Trinajstić information content (AvgIpc) is 3.05. The number of carbonyl (C=O) groups is 1. The number of aryl methyl sites for hydroxylation is 2. The summed E-state index contributed by atoms with van der Waals surface area (Å²) in [7, 11) is -4.09. The molecule has 3 fully saturated rings. The van der Waals surface area contributed by atoms with Crippen molar-refractivity contribution >= 4 is 16.1 Å². The number of aliphatic hydroxyl groups is 1. The van der Waals surface area contributed by atoms with Gasteiger partial charge in [-0.05, 0) is 62.8 Å². The Hall–Kier alpha value is -1.52. The third kappa shape index (κ3) is 3.07. The maximum Gasteiger partial charge on any atom is 0.304 e. The van der Waals surface area contributed by atoms with Crippen LogP contribution in [0.4, 0.5) is 4.39 Å². The SMILES string of the molecule is Cc1n[nH]c(C)c1C1CCC2CC(O)C(N3CC(=O)NS3(=O)=O)C(F)C2C1. The molecule has 8 nitrogen and oxygen atoms in total. The van der Waals surface area contributed by atoms with Crippen LogP contribution in [-0.4, -0.2) is 58.8 Å². The Morgan fingerprint density at radius 3 is 2.59 bits per heavy atom. The zero-order valence-electron chi connectivity index (χ0n) is 15.4. The largest absolute Gasteiger partial charge is 0.391 e. The average molecular weight is 400 g/mol. The van der Waals surface area contributed by atoms with Crippen molar-refractivity contribution in [3.8, 4) is 0 Å². The van der Waals surface area contributed by atoms with Gasteiger partial charge in [-0.25, -0.2) is 9.11 Å². The summed E-state index contributed by atoms with van der Waals surface area (Å²) in [5, 5.41) is 17.7. The Morgan fingerprint density at radius 1 is 1.26 bits per heavy atom. The fourth-order valence-corrected chi connectivity index (χ4v) is 6.70. The Balaban J connectivity index is 1.60. The van der Waals surface area contributed by atoms with Gasteiger partial charge < -0.3 is 5.11 Å². The summed E-state index contributed by atoms with van der Waals surface area (Å²) in [6.07, 6.45) is -0.00573. The number of hydrogen-bond donors (Lipinski definition) is 3. The summed E-state index contributed by atoms with van der Waals surface area (Å²) in [6, 6.07) is -1.22. The molecule has 150 valence electrons. The predicted octanol–water partition coefficient (Wildman–Crippen LogP) is 0.674. The van der Waals surface area contributed by atoms with Crippen LogP contribution in [0.5, 0.6) is 0 Å². The monoisotopic (exact) mass is 400 g/mol. The van der Waals surface area contributed by atoms with E-state index in [2.05, 4.69) is 10.2 Å². The first-order valence-corrected chi connectivity index (χ1v) is 10.8. The van der Waals surface area contributed by atoms with Crippen LogP contribution >= 0.6 is 0 Å². The molecule has 2 saturated carbocycles. The molecule has 10 heteroatoms. The van der Waals surface area contributed by atoms with Gasteiger partial charge in [0.2, 0.25) is 5.91 Å². The number of hydrogen-bond acceptors (Lipinski definition) is 5. The van der Waals surface area contributed by atoms with E-state index in [0.29, 0.717) is 12.8 Å². The van der Waals surface area contributed by atoms with Crippen LogP contribution in [-0.2, 0) is 15.0 Å². The summed E-state index contributed by atoms with van der Waals surface area (Å²) in [5.41, 5.74) is 3.01. The van der Waals surface area contributed by atoms with E-state index in [1.165, 1.54) is 0 Å². The van der Waals surface area contributed by atoms with Gasteiger partial charge in [-0.3, -0.25) is 9.89 Å². The summed E-state index contributed by atoms with van der Waals surface area (Å²) >= 11 is 0. The van der Waals surface area contributed by atoms with Crippen LogP contribution in [0.1, 0.15) is 48.6 Å². The maximum atomic E-state index is 15.5. The van der Waals surface area contributed by atoms with E-state index in [1.54, 1.807) is 0 Å². The first-order chi connectivity index (χ1) is 12.7. The molecule has 0 aromatic carbocycles. The van der Waals surface area contributed by atoms with Crippen LogP contribution in [0, 0.1) is 25.7 Å². The number of rotatable bonds is 2. The standard InChI is InChI=1S/C17H25FN4O4S/c1-8-15(9(2)20-19-8)11-4-3-10-6-13(23)17(16(18)12(10)5-11)22-7-14(24)21-27(22,25)26/h10-13,16-17,23H,3-7H2,1-2H3,(H,19,20)(H,21,24). The second kappa shape index (κ2) is 6.52. The number of nitrogens with zero attached hydrogens (tertiary/aromatic N) is 2. The van der Waals surface area contributed by atoms with Gasteiger partial charge in [0.15, 0.2) is 0 Å². The van der Waals surface area contributed by atoms with Gasteiger partial charge in [-0.1, -0.05) is 0 Å². The fraction of sp³-hybridized carbons (Fsp3) is 0.765. The molecule has 27 heavy (non-hydrogen) atoms. The summed E-state index contributed by atoms with van der Waals surface area (Å²) in [6.45, 7) is 3.44. The molecule has 1 aliphatic heterocycles. The second-order valence-corrected chi connectivity index (χ2v) is 9.72. The van der Waals surface area contributed by atoms with Crippen molar-refractivity contribution in [2.24, 2.45) is 11.8 Å². The number of aromatic amines is 1. The smallest absolute Gasteiger partial charge is 0.304 e. The normalized spacial score (nSPS) is 39.2. The summed E-state index contributed by atoms with van der Waals surface area (Å²) in [5.74, 6) is -0.863. The van der Waals surface area contributed by atoms with E-state index in [0.717, 1.165) is 34.1 Å². The van der Waals surface area contributed by atoms with Gasteiger partial charge in [-0.2, -0.15) is 17.8 Å². The minimum Gasteiger partial charge on any atom is -0.391 e. The molecule has 0 spiro atoms.